The lowest BCUT2D eigenvalue weighted by atomic mass is 10.2. The Morgan fingerprint density at radius 1 is 1.21 bits per heavy atom. The zero-order valence-electron chi connectivity index (χ0n) is 10.7. The number of carbonyl (C=O) groups excluding carboxylic acids is 1. The van der Waals surface area contributed by atoms with Crippen LogP contribution < -0.4 is 5.32 Å². The molecular weight excluding hydrogens is 258 g/mol. The Hall–Kier alpha value is -1.88. The van der Waals surface area contributed by atoms with Gasteiger partial charge in [0.25, 0.3) is 5.91 Å². The SMILES string of the molecule is CCNC(=O)c1nccnc1SCc1ccccc1. The predicted octanol–water partition coefficient (Wildman–Crippen LogP) is 2.52. The molecular formula is C14H15N3OS. The molecule has 1 heterocycles. The van der Waals surface area contributed by atoms with Gasteiger partial charge in [-0.05, 0) is 12.5 Å². The van der Waals surface area contributed by atoms with Gasteiger partial charge in [-0.25, -0.2) is 9.97 Å². The largest absolute Gasteiger partial charge is 0.351 e. The zero-order chi connectivity index (χ0) is 13.5. The van der Waals surface area contributed by atoms with Gasteiger partial charge >= 0.3 is 0 Å². The molecule has 2 aromatic rings. The Morgan fingerprint density at radius 3 is 2.68 bits per heavy atom. The Balaban J connectivity index is 2.10. The van der Waals surface area contributed by atoms with Gasteiger partial charge in [0.15, 0.2) is 5.69 Å². The number of nitrogens with zero attached hydrogens (tertiary/aromatic N) is 2. The van der Waals surface area contributed by atoms with Crippen molar-refractivity contribution in [1.82, 2.24) is 15.3 Å². The Labute approximate surface area is 116 Å². The van der Waals surface area contributed by atoms with Crippen molar-refractivity contribution in [3.8, 4) is 0 Å². The van der Waals surface area contributed by atoms with Crippen molar-refractivity contribution in [2.75, 3.05) is 6.54 Å². The molecule has 1 aromatic heterocycles. The number of carbonyl (C=O) groups is 1. The van der Waals surface area contributed by atoms with E-state index in [-0.39, 0.29) is 5.91 Å². The first kappa shape index (κ1) is 13.5. The van der Waals surface area contributed by atoms with Gasteiger partial charge in [-0.3, -0.25) is 4.79 Å². The molecule has 5 heteroatoms. The Morgan fingerprint density at radius 2 is 1.95 bits per heavy atom. The van der Waals surface area contributed by atoms with E-state index in [9.17, 15) is 4.79 Å². The van der Waals surface area contributed by atoms with Gasteiger partial charge in [-0.2, -0.15) is 0 Å². The molecule has 0 unspecified atom stereocenters. The molecule has 0 saturated carbocycles. The van der Waals surface area contributed by atoms with Crippen LogP contribution in [-0.4, -0.2) is 22.4 Å². The van der Waals surface area contributed by atoms with Crippen molar-refractivity contribution in [3.05, 3.63) is 54.0 Å². The molecule has 0 spiro atoms. The predicted molar refractivity (Wildman–Crippen MR) is 76.0 cm³/mol. The van der Waals surface area contributed by atoms with Crippen molar-refractivity contribution in [3.63, 3.8) is 0 Å². The molecule has 2 rings (SSSR count). The maximum atomic E-state index is 11.8. The number of thioether (sulfide) groups is 1. The third-order valence-corrected chi connectivity index (χ3v) is 3.49. The summed E-state index contributed by atoms with van der Waals surface area (Å²) in [5.74, 6) is 0.595. The van der Waals surface area contributed by atoms with Crippen LogP contribution in [0.5, 0.6) is 0 Å². The molecule has 0 bridgehead atoms. The van der Waals surface area contributed by atoms with Crippen LogP contribution in [0, 0.1) is 0 Å². The van der Waals surface area contributed by atoms with Gasteiger partial charge in [-0.15, -0.1) is 0 Å². The highest BCUT2D eigenvalue weighted by Gasteiger charge is 2.13. The molecule has 1 amide bonds. The Bertz CT molecular complexity index is 545. The van der Waals surface area contributed by atoms with Crippen LogP contribution in [0.4, 0.5) is 0 Å². The number of nitrogens with one attached hydrogen (secondary N) is 1. The van der Waals surface area contributed by atoms with Gasteiger partial charge < -0.3 is 5.32 Å². The second-order valence-electron chi connectivity index (χ2n) is 3.84. The lowest BCUT2D eigenvalue weighted by Gasteiger charge is -2.06. The number of amides is 1. The van der Waals surface area contributed by atoms with Crippen LogP contribution in [0.15, 0.2) is 47.8 Å². The highest BCUT2D eigenvalue weighted by Crippen LogP contribution is 2.22. The summed E-state index contributed by atoms with van der Waals surface area (Å²) in [7, 11) is 0. The topological polar surface area (TPSA) is 54.9 Å². The van der Waals surface area contributed by atoms with Crippen molar-refractivity contribution in [2.24, 2.45) is 0 Å². The second kappa shape index (κ2) is 6.89. The molecule has 0 aliphatic rings. The fourth-order valence-electron chi connectivity index (χ4n) is 1.56. The molecule has 1 N–H and O–H groups in total. The smallest absolute Gasteiger partial charge is 0.272 e. The lowest BCUT2D eigenvalue weighted by Crippen LogP contribution is -2.24. The van der Waals surface area contributed by atoms with Gasteiger partial charge in [0, 0.05) is 24.7 Å². The normalized spacial score (nSPS) is 10.2. The van der Waals surface area contributed by atoms with E-state index >= 15 is 0 Å². The number of aromatic nitrogens is 2. The van der Waals surface area contributed by atoms with Crippen LogP contribution >= 0.6 is 11.8 Å². The van der Waals surface area contributed by atoms with Crippen LogP contribution in [0.3, 0.4) is 0 Å². The number of benzene rings is 1. The summed E-state index contributed by atoms with van der Waals surface area (Å²) in [6.45, 7) is 2.46. The minimum Gasteiger partial charge on any atom is -0.351 e. The first-order valence-electron chi connectivity index (χ1n) is 6.07. The average Bonchev–Trinajstić information content (AvgIpc) is 2.47. The standard InChI is InChI=1S/C14H15N3OS/c1-2-15-13(18)12-14(17-9-8-16-12)19-10-11-6-4-3-5-7-11/h3-9H,2,10H2,1H3,(H,15,18). The van der Waals surface area contributed by atoms with E-state index < -0.39 is 0 Å². The van der Waals surface area contributed by atoms with Crippen LogP contribution in [-0.2, 0) is 5.75 Å². The minimum absolute atomic E-state index is 0.175. The van der Waals surface area contributed by atoms with Crippen molar-refractivity contribution >= 4 is 17.7 Å². The summed E-state index contributed by atoms with van der Waals surface area (Å²) in [6.07, 6.45) is 3.15. The quantitative estimate of drug-likeness (QED) is 0.850. The first-order valence-corrected chi connectivity index (χ1v) is 7.05. The van der Waals surface area contributed by atoms with Gasteiger partial charge in [0.2, 0.25) is 0 Å². The molecule has 1 aromatic carbocycles. The highest BCUT2D eigenvalue weighted by molar-refractivity contribution is 7.98. The van der Waals surface area contributed by atoms with E-state index in [1.54, 1.807) is 6.20 Å². The molecule has 0 saturated heterocycles. The zero-order valence-corrected chi connectivity index (χ0v) is 11.5. The van der Waals surface area contributed by atoms with Gasteiger partial charge in [0.1, 0.15) is 5.03 Å². The van der Waals surface area contributed by atoms with Crippen molar-refractivity contribution in [1.29, 1.82) is 0 Å². The molecule has 0 fully saturated rings. The first-order chi connectivity index (χ1) is 9.31. The molecule has 0 atom stereocenters. The molecule has 19 heavy (non-hydrogen) atoms. The van der Waals surface area contributed by atoms with Crippen LogP contribution in [0.25, 0.3) is 0 Å². The maximum Gasteiger partial charge on any atom is 0.272 e. The van der Waals surface area contributed by atoms with Gasteiger partial charge in [-0.1, -0.05) is 42.1 Å². The average molecular weight is 273 g/mol. The number of hydrogen-bond acceptors (Lipinski definition) is 4. The summed E-state index contributed by atoms with van der Waals surface area (Å²) in [4.78, 5) is 20.2. The van der Waals surface area contributed by atoms with Crippen LogP contribution in [0.1, 0.15) is 23.0 Å². The summed E-state index contributed by atoms with van der Waals surface area (Å²) in [5.41, 5.74) is 1.59. The fraction of sp³-hybridized carbons (Fsp3) is 0.214. The number of rotatable bonds is 5. The summed E-state index contributed by atoms with van der Waals surface area (Å²) in [6, 6.07) is 10.1. The third-order valence-electron chi connectivity index (χ3n) is 2.44. The minimum atomic E-state index is -0.175. The number of hydrogen-bond donors (Lipinski definition) is 1. The summed E-state index contributed by atoms with van der Waals surface area (Å²) >= 11 is 1.52. The van der Waals surface area contributed by atoms with E-state index in [2.05, 4.69) is 27.4 Å². The van der Waals surface area contributed by atoms with Crippen molar-refractivity contribution < 1.29 is 4.79 Å². The van der Waals surface area contributed by atoms with E-state index in [1.165, 1.54) is 23.5 Å². The molecule has 4 nitrogen and oxygen atoms in total. The molecule has 0 aliphatic carbocycles. The monoisotopic (exact) mass is 273 g/mol. The highest BCUT2D eigenvalue weighted by atomic mass is 32.2. The fourth-order valence-corrected chi connectivity index (χ4v) is 2.47. The Kier molecular flexibility index (Phi) is 4.92. The van der Waals surface area contributed by atoms with E-state index in [0.29, 0.717) is 17.3 Å². The molecule has 98 valence electrons. The molecule has 0 radical (unpaired) electrons. The molecule has 0 aliphatic heterocycles. The summed E-state index contributed by atoms with van der Waals surface area (Å²) in [5, 5.41) is 3.41. The van der Waals surface area contributed by atoms with E-state index in [1.807, 2.05) is 25.1 Å². The van der Waals surface area contributed by atoms with E-state index in [0.717, 1.165) is 5.75 Å². The van der Waals surface area contributed by atoms with Gasteiger partial charge in [0.05, 0.1) is 0 Å². The van der Waals surface area contributed by atoms with E-state index in [4.69, 9.17) is 0 Å². The summed E-state index contributed by atoms with van der Waals surface area (Å²) < 4.78 is 0. The lowest BCUT2D eigenvalue weighted by molar-refractivity contribution is 0.0947. The van der Waals surface area contributed by atoms with Crippen LogP contribution in [0.2, 0.25) is 0 Å². The maximum absolute atomic E-state index is 11.8. The third kappa shape index (κ3) is 3.79. The second-order valence-corrected chi connectivity index (χ2v) is 4.81. The van der Waals surface area contributed by atoms with Crippen molar-refractivity contribution in [2.45, 2.75) is 17.7 Å².